The Morgan fingerprint density at radius 3 is 2.54 bits per heavy atom. The lowest BCUT2D eigenvalue weighted by atomic mass is 9.87. The fourth-order valence-corrected chi connectivity index (χ4v) is 2.81. The Balaban J connectivity index is 2.80. The first-order valence-corrected chi connectivity index (χ1v) is 7.75. The lowest BCUT2D eigenvalue weighted by molar-refractivity contribution is 0.0282. The van der Waals surface area contributed by atoms with Gasteiger partial charge in [0.25, 0.3) is 0 Å². The van der Waals surface area contributed by atoms with Crippen molar-refractivity contribution in [2.75, 3.05) is 12.8 Å². The van der Waals surface area contributed by atoms with Crippen molar-refractivity contribution >= 4 is 11.7 Å². The van der Waals surface area contributed by atoms with Crippen LogP contribution < -0.4 is 5.73 Å². The second-order valence-corrected chi connectivity index (χ2v) is 5.53. The molecule has 24 heavy (non-hydrogen) atoms. The van der Waals surface area contributed by atoms with Gasteiger partial charge in [0, 0.05) is 11.8 Å². The summed E-state index contributed by atoms with van der Waals surface area (Å²) in [4.78, 5) is 12.2. The number of ether oxygens (including phenoxy) is 1. The minimum absolute atomic E-state index is 0.0655. The van der Waals surface area contributed by atoms with Gasteiger partial charge in [-0.15, -0.1) is 0 Å². The molecule has 0 atom stereocenters. The van der Waals surface area contributed by atoms with Crippen molar-refractivity contribution in [3.8, 4) is 11.8 Å². The van der Waals surface area contributed by atoms with E-state index in [0.29, 0.717) is 24.1 Å². The summed E-state index contributed by atoms with van der Waals surface area (Å²) in [6.45, 7) is 3.79. The van der Waals surface area contributed by atoms with Crippen molar-refractivity contribution in [3.63, 3.8) is 0 Å². The highest BCUT2D eigenvalue weighted by molar-refractivity contribution is 5.96. The molecule has 0 bridgehead atoms. The van der Waals surface area contributed by atoms with Crippen molar-refractivity contribution < 1.29 is 14.6 Å². The van der Waals surface area contributed by atoms with E-state index >= 15 is 0 Å². The molecule has 2 aromatic rings. The number of esters is 1. The molecular weight excluding hydrogens is 306 g/mol. The second-order valence-electron chi connectivity index (χ2n) is 5.53. The van der Waals surface area contributed by atoms with E-state index < -0.39 is 11.6 Å². The largest absolute Gasteiger partial charge is 0.464 e. The molecular formula is C18H21N3O3. The predicted molar refractivity (Wildman–Crippen MR) is 90.7 cm³/mol. The van der Waals surface area contributed by atoms with E-state index in [2.05, 4.69) is 0 Å². The van der Waals surface area contributed by atoms with Crippen LogP contribution in [0.3, 0.4) is 0 Å². The maximum atomic E-state index is 12.2. The van der Waals surface area contributed by atoms with Crippen LogP contribution in [0.1, 0.15) is 48.3 Å². The number of rotatable bonds is 5. The molecule has 0 radical (unpaired) electrons. The monoisotopic (exact) mass is 327 g/mol. The van der Waals surface area contributed by atoms with E-state index in [1.165, 1.54) is 17.9 Å². The SMILES string of the molecule is CCC(O)(CC)c1ccccc1-n1cc(C#N)c(N)c1C(=O)OC. The summed E-state index contributed by atoms with van der Waals surface area (Å²) < 4.78 is 6.32. The van der Waals surface area contributed by atoms with Crippen LogP contribution in [0.5, 0.6) is 0 Å². The van der Waals surface area contributed by atoms with E-state index in [9.17, 15) is 15.2 Å². The molecule has 0 aliphatic heterocycles. The molecule has 2 rings (SSSR count). The second kappa shape index (κ2) is 6.77. The minimum Gasteiger partial charge on any atom is -0.464 e. The highest BCUT2D eigenvalue weighted by Gasteiger charge is 2.30. The number of para-hydroxylation sites is 1. The van der Waals surface area contributed by atoms with E-state index in [0.717, 1.165) is 0 Å². The van der Waals surface area contributed by atoms with Crippen LogP contribution in [-0.4, -0.2) is 22.8 Å². The van der Waals surface area contributed by atoms with Crippen molar-refractivity contribution in [2.45, 2.75) is 32.3 Å². The maximum absolute atomic E-state index is 12.2. The molecule has 1 aromatic heterocycles. The summed E-state index contributed by atoms with van der Waals surface area (Å²) in [6, 6.07) is 9.19. The Labute approximate surface area is 141 Å². The van der Waals surface area contributed by atoms with Crippen molar-refractivity contribution in [1.82, 2.24) is 4.57 Å². The molecule has 0 fully saturated rings. The zero-order valence-corrected chi connectivity index (χ0v) is 14.0. The van der Waals surface area contributed by atoms with Gasteiger partial charge in [-0.1, -0.05) is 32.0 Å². The van der Waals surface area contributed by atoms with Gasteiger partial charge in [0.05, 0.1) is 29.6 Å². The van der Waals surface area contributed by atoms with Crippen molar-refractivity contribution in [1.29, 1.82) is 5.26 Å². The highest BCUT2D eigenvalue weighted by atomic mass is 16.5. The molecule has 1 heterocycles. The standard InChI is InChI=1S/C18H21N3O3/c1-4-18(23,5-2)13-8-6-7-9-14(13)21-11-12(10-19)15(20)16(21)17(22)24-3/h6-9,11,23H,4-5,20H2,1-3H3. The van der Waals surface area contributed by atoms with Crippen LogP contribution in [0.2, 0.25) is 0 Å². The van der Waals surface area contributed by atoms with E-state index in [1.54, 1.807) is 12.1 Å². The Bertz CT molecular complexity index is 798. The molecule has 0 unspecified atom stereocenters. The normalized spacial score (nSPS) is 11.1. The number of aliphatic hydroxyl groups is 1. The number of nitrogens with two attached hydrogens (primary N) is 1. The fourth-order valence-electron chi connectivity index (χ4n) is 2.81. The Hall–Kier alpha value is -2.78. The van der Waals surface area contributed by atoms with Crippen LogP contribution in [0.25, 0.3) is 5.69 Å². The molecule has 6 nitrogen and oxygen atoms in total. The Morgan fingerprint density at radius 1 is 1.38 bits per heavy atom. The molecule has 0 saturated heterocycles. The maximum Gasteiger partial charge on any atom is 0.357 e. The molecule has 0 saturated carbocycles. The van der Waals surface area contributed by atoms with E-state index in [4.69, 9.17) is 10.5 Å². The zero-order chi connectivity index (χ0) is 17.9. The number of aromatic nitrogens is 1. The van der Waals surface area contributed by atoms with Crippen LogP contribution in [0.15, 0.2) is 30.5 Å². The molecule has 6 heteroatoms. The lowest BCUT2D eigenvalue weighted by Crippen LogP contribution is -2.26. The van der Waals surface area contributed by atoms with Gasteiger partial charge in [0.2, 0.25) is 0 Å². The third kappa shape index (κ3) is 2.74. The molecule has 1 aromatic carbocycles. The first-order valence-electron chi connectivity index (χ1n) is 7.75. The number of anilines is 1. The van der Waals surface area contributed by atoms with Crippen molar-refractivity contribution in [3.05, 3.63) is 47.3 Å². The van der Waals surface area contributed by atoms with E-state index in [1.807, 2.05) is 32.0 Å². The van der Waals surface area contributed by atoms with Gasteiger partial charge in [-0.05, 0) is 18.9 Å². The van der Waals surface area contributed by atoms with Crippen LogP contribution >= 0.6 is 0 Å². The third-order valence-electron chi connectivity index (χ3n) is 4.38. The van der Waals surface area contributed by atoms with Crippen molar-refractivity contribution in [2.24, 2.45) is 0 Å². The summed E-state index contributed by atoms with van der Waals surface area (Å²) >= 11 is 0. The van der Waals surface area contributed by atoms with Gasteiger partial charge in [-0.25, -0.2) is 4.79 Å². The number of carbonyl (C=O) groups excluding carboxylic acids is 1. The first-order chi connectivity index (χ1) is 11.4. The lowest BCUT2D eigenvalue weighted by Gasteiger charge is -2.28. The smallest absolute Gasteiger partial charge is 0.357 e. The topological polar surface area (TPSA) is 101 Å². The molecule has 0 aliphatic rings. The molecule has 126 valence electrons. The zero-order valence-electron chi connectivity index (χ0n) is 14.0. The summed E-state index contributed by atoms with van der Waals surface area (Å²) in [5.74, 6) is -0.639. The number of methoxy groups -OCH3 is 1. The van der Waals surface area contributed by atoms with Crippen LogP contribution in [-0.2, 0) is 10.3 Å². The van der Waals surface area contributed by atoms with Crippen LogP contribution in [0, 0.1) is 11.3 Å². The predicted octanol–water partition coefficient (Wildman–Crippen LogP) is 2.73. The number of nitriles is 1. The number of carbonyl (C=O) groups is 1. The van der Waals surface area contributed by atoms with Gasteiger partial charge in [0.15, 0.2) is 5.69 Å². The average molecular weight is 327 g/mol. The van der Waals surface area contributed by atoms with Gasteiger partial charge < -0.3 is 20.1 Å². The summed E-state index contributed by atoms with van der Waals surface area (Å²) in [5, 5.41) is 20.2. The summed E-state index contributed by atoms with van der Waals surface area (Å²) in [7, 11) is 1.26. The number of nitrogen functional groups attached to an aromatic ring is 1. The summed E-state index contributed by atoms with van der Waals surface area (Å²) in [5.41, 5.74) is 6.49. The van der Waals surface area contributed by atoms with E-state index in [-0.39, 0.29) is 16.9 Å². The van der Waals surface area contributed by atoms with Gasteiger partial charge >= 0.3 is 5.97 Å². The van der Waals surface area contributed by atoms with Crippen LogP contribution in [0.4, 0.5) is 5.69 Å². The van der Waals surface area contributed by atoms with Gasteiger partial charge in [0.1, 0.15) is 6.07 Å². The summed E-state index contributed by atoms with van der Waals surface area (Å²) in [6.07, 6.45) is 2.51. The highest BCUT2D eigenvalue weighted by Crippen LogP contribution is 2.35. The molecule has 0 amide bonds. The first kappa shape index (κ1) is 17.6. The molecule has 0 spiro atoms. The third-order valence-corrected chi connectivity index (χ3v) is 4.38. The molecule has 3 N–H and O–H groups in total. The minimum atomic E-state index is -1.05. The van der Waals surface area contributed by atoms with Gasteiger partial charge in [-0.2, -0.15) is 5.26 Å². The number of benzene rings is 1. The number of nitrogens with zero attached hydrogens (tertiary/aromatic N) is 2. The number of hydrogen-bond donors (Lipinski definition) is 2. The molecule has 0 aliphatic carbocycles. The Morgan fingerprint density at radius 2 is 2.00 bits per heavy atom. The van der Waals surface area contributed by atoms with Gasteiger partial charge in [-0.3, -0.25) is 0 Å². The Kier molecular flexibility index (Phi) is 4.96. The quantitative estimate of drug-likeness (QED) is 0.822. The number of hydrogen-bond acceptors (Lipinski definition) is 5. The average Bonchev–Trinajstić information content (AvgIpc) is 2.96. The fraction of sp³-hybridized carbons (Fsp3) is 0.333.